The van der Waals surface area contributed by atoms with Crippen molar-refractivity contribution in [2.75, 3.05) is 34.7 Å². The summed E-state index contributed by atoms with van der Waals surface area (Å²) < 4.78 is 79.3. The van der Waals surface area contributed by atoms with Crippen molar-refractivity contribution in [2.24, 2.45) is 0 Å². The second kappa shape index (κ2) is 11.2. The lowest BCUT2D eigenvalue weighted by Gasteiger charge is -2.41. The molecule has 3 aliphatic heterocycles. The van der Waals surface area contributed by atoms with E-state index in [0.717, 1.165) is 0 Å². The van der Waals surface area contributed by atoms with Gasteiger partial charge in [0.1, 0.15) is 17.2 Å². The number of cyclic esters (lactones) is 1. The van der Waals surface area contributed by atoms with Crippen LogP contribution in [0.4, 0.5) is 18.0 Å². The highest BCUT2D eigenvalue weighted by Crippen LogP contribution is 2.57. The molecule has 234 valence electrons. The van der Waals surface area contributed by atoms with Crippen molar-refractivity contribution >= 4 is 12.1 Å². The third-order valence-corrected chi connectivity index (χ3v) is 7.59. The quantitative estimate of drug-likeness (QED) is 0.346. The van der Waals surface area contributed by atoms with Crippen LogP contribution < -0.4 is 23.7 Å². The molecule has 3 heterocycles. The van der Waals surface area contributed by atoms with Crippen molar-refractivity contribution < 1.29 is 55.9 Å². The van der Waals surface area contributed by atoms with Crippen molar-refractivity contribution in [3.05, 3.63) is 39.9 Å². The molecule has 0 saturated carbocycles. The van der Waals surface area contributed by atoms with Gasteiger partial charge in [-0.3, -0.25) is 4.90 Å². The van der Waals surface area contributed by atoms with Gasteiger partial charge in [0.2, 0.25) is 12.5 Å². The molecule has 0 aromatic heterocycles. The average Bonchev–Trinajstić information content (AvgIpc) is 3.54. The molecule has 0 N–H and O–H groups in total. The molecular formula is C30H34F3NO9. The first-order chi connectivity index (χ1) is 20.3. The van der Waals surface area contributed by atoms with Gasteiger partial charge in [0.05, 0.1) is 21.3 Å². The van der Waals surface area contributed by atoms with E-state index in [1.807, 2.05) is 0 Å². The molecule has 2 atom stereocenters. The number of amides is 1. The average molecular weight is 610 g/mol. The number of ether oxygens (including phenoxy) is 7. The third kappa shape index (κ3) is 5.56. The van der Waals surface area contributed by atoms with E-state index in [4.69, 9.17) is 33.2 Å². The van der Waals surface area contributed by atoms with Crippen LogP contribution in [0, 0.1) is 0 Å². The Hall–Kier alpha value is -4.03. The van der Waals surface area contributed by atoms with Crippen molar-refractivity contribution in [3.63, 3.8) is 0 Å². The summed E-state index contributed by atoms with van der Waals surface area (Å²) >= 11 is 0. The first kappa shape index (κ1) is 30.4. The molecule has 0 saturated heterocycles. The summed E-state index contributed by atoms with van der Waals surface area (Å²) in [5.41, 5.74) is 1.38. The number of benzene rings is 2. The highest BCUT2D eigenvalue weighted by Gasteiger charge is 2.50. The molecule has 2 aromatic carbocycles. The second-order valence-electron chi connectivity index (χ2n) is 11.4. The minimum atomic E-state index is -4.33. The Morgan fingerprint density at radius 2 is 1.72 bits per heavy atom. The van der Waals surface area contributed by atoms with E-state index in [9.17, 15) is 22.8 Å². The zero-order chi connectivity index (χ0) is 31.3. The van der Waals surface area contributed by atoms with Crippen LogP contribution in [0.3, 0.4) is 0 Å². The van der Waals surface area contributed by atoms with Crippen LogP contribution in [0.5, 0.6) is 28.7 Å². The molecular weight excluding hydrogens is 575 g/mol. The Morgan fingerprint density at radius 3 is 2.35 bits per heavy atom. The number of hydrogen-bond donors (Lipinski definition) is 0. The lowest BCUT2D eigenvalue weighted by molar-refractivity contribution is -0.135. The first-order valence-electron chi connectivity index (χ1n) is 13.8. The lowest BCUT2D eigenvalue weighted by Crippen LogP contribution is -2.45. The minimum absolute atomic E-state index is 0.0444. The van der Waals surface area contributed by atoms with E-state index in [2.05, 4.69) is 0 Å². The van der Waals surface area contributed by atoms with Gasteiger partial charge in [-0.2, -0.15) is 13.2 Å². The monoisotopic (exact) mass is 609 g/mol. The van der Waals surface area contributed by atoms with Gasteiger partial charge in [0.15, 0.2) is 29.1 Å². The molecule has 0 fully saturated rings. The van der Waals surface area contributed by atoms with Crippen LogP contribution in [0.15, 0.2) is 12.1 Å². The van der Waals surface area contributed by atoms with Gasteiger partial charge in [-0.05, 0) is 51.7 Å². The number of halogens is 3. The molecule has 2 aromatic rings. The topological polar surface area (TPSA) is 102 Å². The van der Waals surface area contributed by atoms with Crippen LogP contribution in [0.25, 0.3) is 0 Å². The van der Waals surface area contributed by atoms with Gasteiger partial charge in [0.25, 0.3) is 0 Å². The van der Waals surface area contributed by atoms with E-state index in [0.29, 0.717) is 33.8 Å². The summed E-state index contributed by atoms with van der Waals surface area (Å²) in [5.74, 6) is 0.591. The zero-order valence-corrected chi connectivity index (χ0v) is 24.8. The molecule has 1 amide bonds. The van der Waals surface area contributed by atoms with E-state index in [-0.39, 0.29) is 55.4 Å². The molecule has 0 aliphatic carbocycles. The molecule has 3 aliphatic rings. The van der Waals surface area contributed by atoms with Crippen molar-refractivity contribution in [1.29, 1.82) is 0 Å². The number of rotatable bonds is 7. The van der Waals surface area contributed by atoms with E-state index in [1.54, 1.807) is 32.9 Å². The standard InChI is InChI=1S/C30H34F3NO9/c1-29(2,3)43-28(36)34-13-11-15-16(8-7-12-30(31,32)33)23-26(41-14-40-23)25(39-6)19(15)21(34)22-17-9-10-18(37-4)24(38-5)20(17)27(35)42-22/h9-10,21-22H,7-8,11-14H2,1-6H3/t21-,22+/m1/s1. The second-order valence-corrected chi connectivity index (χ2v) is 11.4. The number of alkyl halides is 3. The maximum absolute atomic E-state index is 13.7. The summed E-state index contributed by atoms with van der Waals surface area (Å²) in [5, 5.41) is 0. The minimum Gasteiger partial charge on any atom is -0.493 e. The summed E-state index contributed by atoms with van der Waals surface area (Å²) in [6, 6.07) is 2.30. The lowest BCUT2D eigenvalue weighted by atomic mass is 9.82. The Kier molecular flexibility index (Phi) is 7.95. The molecule has 13 heteroatoms. The number of hydrogen-bond acceptors (Lipinski definition) is 9. The van der Waals surface area contributed by atoms with Crippen LogP contribution in [0.2, 0.25) is 0 Å². The number of methoxy groups -OCH3 is 3. The predicted molar refractivity (Wildman–Crippen MR) is 145 cm³/mol. The van der Waals surface area contributed by atoms with Crippen molar-refractivity contribution in [1.82, 2.24) is 4.90 Å². The maximum Gasteiger partial charge on any atom is 0.410 e. The molecule has 5 rings (SSSR count). The highest BCUT2D eigenvalue weighted by atomic mass is 19.4. The SMILES string of the molecule is COc1ccc2c(c1OC)C(=O)O[C@@H]2[C@H]1c2c(c(CCCC(F)(F)F)c3c(c2OC)OCO3)CCN1C(=O)OC(C)(C)C. The summed E-state index contributed by atoms with van der Waals surface area (Å²) in [7, 11) is 4.27. The van der Waals surface area contributed by atoms with Gasteiger partial charge in [-0.25, -0.2) is 9.59 Å². The van der Waals surface area contributed by atoms with Gasteiger partial charge in [0, 0.05) is 29.7 Å². The summed E-state index contributed by atoms with van der Waals surface area (Å²) in [4.78, 5) is 28.5. The Balaban J connectivity index is 1.72. The number of fused-ring (bicyclic) bond motifs is 3. The summed E-state index contributed by atoms with van der Waals surface area (Å²) in [6.07, 6.45) is -6.90. The fourth-order valence-electron chi connectivity index (χ4n) is 5.99. The number of esters is 1. The molecule has 0 radical (unpaired) electrons. The van der Waals surface area contributed by atoms with E-state index >= 15 is 0 Å². The molecule has 43 heavy (non-hydrogen) atoms. The van der Waals surface area contributed by atoms with Crippen LogP contribution in [0.1, 0.15) is 78.4 Å². The Morgan fingerprint density at radius 1 is 1.02 bits per heavy atom. The van der Waals surface area contributed by atoms with Gasteiger partial charge in [-0.15, -0.1) is 0 Å². The van der Waals surface area contributed by atoms with Gasteiger partial charge < -0.3 is 33.2 Å². The number of carbonyl (C=O) groups is 2. The summed E-state index contributed by atoms with van der Waals surface area (Å²) in [6.45, 7) is 5.17. The normalized spacial score (nSPS) is 19.0. The Bertz CT molecular complexity index is 1430. The Labute approximate surface area is 246 Å². The van der Waals surface area contributed by atoms with E-state index < -0.39 is 42.4 Å². The van der Waals surface area contributed by atoms with Gasteiger partial charge in [-0.1, -0.05) is 6.07 Å². The van der Waals surface area contributed by atoms with Crippen molar-refractivity contribution in [3.8, 4) is 28.7 Å². The predicted octanol–water partition coefficient (Wildman–Crippen LogP) is 6.07. The maximum atomic E-state index is 13.7. The van der Waals surface area contributed by atoms with E-state index in [1.165, 1.54) is 26.2 Å². The van der Waals surface area contributed by atoms with Gasteiger partial charge >= 0.3 is 18.2 Å². The fourth-order valence-corrected chi connectivity index (χ4v) is 5.99. The molecule has 0 unspecified atom stereocenters. The number of carbonyl (C=O) groups excluding carboxylic acids is 2. The van der Waals surface area contributed by atoms with Crippen molar-refractivity contribution in [2.45, 2.75) is 70.4 Å². The molecule has 10 nitrogen and oxygen atoms in total. The largest absolute Gasteiger partial charge is 0.493 e. The van der Waals surface area contributed by atoms with Crippen LogP contribution in [-0.4, -0.2) is 63.4 Å². The molecule has 0 spiro atoms. The fraction of sp³-hybridized carbons (Fsp3) is 0.533. The zero-order valence-electron chi connectivity index (χ0n) is 24.8. The van der Waals surface area contributed by atoms with Crippen LogP contribution >= 0.6 is 0 Å². The highest BCUT2D eigenvalue weighted by molar-refractivity contribution is 5.98. The smallest absolute Gasteiger partial charge is 0.410 e. The number of nitrogens with zero attached hydrogens (tertiary/aromatic N) is 1. The first-order valence-corrected chi connectivity index (χ1v) is 13.8. The third-order valence-electron chi connectivity index (χ3n) is 7.59. The molecule has 0 bridgehead atoms. The van der Waals surface area contributed by atoms with Crippen LogP contribution in [-0.2, 0) is 22.3 Å².